The van der Waals surface area contributed by atoms with E-state index in [2.05, 4.69) is 6.92 Å². The summed E-state index contributed by atoms with van der Waals surface area (Å²) >= 11 is 0. The molecule has 0 aromatic carbocycles. The van der Waals surface area contributed by atoms with Crippen molar-refractivity contribution in [1.82, 2.24) is 0 Å². The molecule has 0 aromatic rings. The van der Waals surface area contributed by atoms with Crippen molar-refractivity contribution in [3.05, 3.63) is 0 Å². The Balaban J connectivity index is 3.26. The van der Waals surface area contributed by atoms with Crippen molar-refractivity contribution in [2.24, 2.45) is 5.92 Å². The number of hydrogen-bond donors (Lipinski definition) is 1. The van der Waals surface area contributed by atoms with Crippen LogP contribution in [0.2, 0.25) is 0 Å². The second-order valence-corrected chi connectivity index (χ2v) is 3.50. The molecule has 2 unspecified atom stereocenters. The van der Waals surface area contributed by atoms with Crippen molar-refractivity contribution in [1.29, 1.82) is 0 Å². The van der Waals surface area contributed by atoms with E-state index in [0.717, 1.165) is 12.8 Å². The summed E-state index contributed by atoms with van der Waals surface area (Å²) in [6.45, 7) is 4.09. The second-order valence-electron chi connectivity index (χ2n) is 2.43. The molecule has 0 aliphatic rings. The Labute approximate surface area is 57.1 Å². The van der Waals surface area contributed by atoms with Crippen LogP contribution in [0.4, 0.5) is 0 Å². The summed E-state index contributed by atoms with van der Waals surface area (Å²) in [4.78, 5) is 8.46. The summed E-state index contributed by atoms with van der Waals surface area (Å²) in [6, 6.07) is 0. The molecule has 1 N–H and O–H groups in total. The van der Waals surface area contributed by atoms with E-state index in [-0.39, 0.29) is 0 Å². The van der Waals surface area contributed by atoms with E-state index in [9.17, 15) is 4.57 Å². The van der Waals surface area contributed by atoms with E-state index in [0.29, 0.717) is 12.1 Å². The van der Waals surface area contributed by atoms with Crippen LogP contribution in [0.1, 0.15) is 26.7 Å². The normalized spacial score (nSPS) is 15.2. The lowest BCUT2D eigenvalue weighted by atomic mass is 10.1. The summed E-state index contributed by atoms with van der Waals surface area (Å²) in [5.74, 6) is 0.406. The Bertz CT molecular complexity index is 93.1. The molecule has 3 heteroatoms. The minimum atomic E-state index is -1.90. The lowest BCUT2D eigenvalue weighted by Crippen LogP contribution is -1.96. The van der Waals surface area contributed by atoms with E-state index in [4.69, 9.17) is 4.89 Å². The molecule has 0 saturated carbocycles. The van der Waals surface area contributed by atoms with E-state index >= 15 is 0 Å². The first-order valence-electron chi connectivity index (χ1n) is 3.30. The van der Waals surface area contributed by atoms with E-state index in [1.165, 1.54) is 0 Å². The summed E-state index contributed by atoms with van der Waals surface area (Å²) in [7, 11) is -1.90. The van der Waals surface area contributed by atoms with Crippen molar-refractivity contribution in [3.8, 4) is 0 Å². The summed E-state index contributed by atoms with van der Waals surface area (Å²) < 4.78 is 10.2. The molecule has 0 heterocycles. The Morgan fingerprint density at radius 1 is 1.67 bits per heavy atom. The van der Waals surface area contributed by atoms with Gasteiger partial charge in [-0.3, -0.25) is 0 Å². The predicted octanol–water partition coefficient (Wildman–Crippen LogP) is 2.16. The monoisotopic (exact) mass is 149 g/mol. The number of rotatable bonds is 4. The molecule has 0 saturated heterocycles. The van der Waals surface area contributed by atoms with Crippen LogP contribution in [0.5, 0.6) is 0 Å². The predicted molar refractivity (Wildman–Crippen MR) is 38.8 cm³/mol. The van der Waals surface area contributed by atoms with Gasteiger partial charge in [-0.2, -0.15) is 4.89 Å². The Morgan fingerprint density at radius 2 is 2.22 bits per heavy atom. The maximum absolute atomic E-state index is 10.2. The Morgan fingerprint density at radius 3 is 2.56 bits per heavy atom. The van der Waals surface area contributed by atoms with Crippen LogP contribution in [0.25, 0.3) is 0 Å². The zero-order valence-electron chi connectivity index (χ0n) is 6.00. The molecule has 54 valence electrons. The molecule has 0 fully saturated rings. The molecule has 9 heavy (non-hydrogen) atoms. The van der Waals surface area contributed by atoms with Crippen LogP contribution in [-0.2, 0) is 4.57 Å². The van der Waals surface area contributed by atoms with Gasteiger partial charge in [-0.1, -0.05) is 20.3 Å². The van der Waals surface area contributed by atoms with Gasteiger partial charge in [-0.25, -0.2) is 0 Å². The van der Waals surface area contributed by atoms with Crippen LogP contribution in [0.15, 0.2) is 0 Å². The minimum Gasteiger partial charge on any atom is -0.161 e. The highest BCUT2D eigenvalue weighted by atomic mass is 31.1. The molecule has 0 spiro atoms. The highest BCUT2D eigenvalue weighted by Crippen LogP contribution is 2.20. The average Bonchev–Trinajstić information content (AvgIpc) is 1.63. The topological polar surface area (TPSA) is 37.3 Å². The van der Waals surface area contributed by atoms with Gasteiger partial charge in [0.1, 0.15) is 0 Å². The molecular formula is C6H14O2P+. The zero-order valence-corrected chi connectivity index (χ0v) is 6.90. The average molecular weight is 149 g/mol. The fraction of sp³-hybridized carbons (Fsp3) is 1.00. The molecule has 0 aliphatic heterocycles. The Kier molecular flexibility index (Phi) is 4.93. The fourth-order valence-electron chi connectivity index (χ4n) is 0.851. The molecule has 0 aliphatic carbocycles. The highest BCUT2D eigenvalue weighted by Gasteiger charge is 2.15. The molecule has 0 radical (unpaired) electrons. The molecule has 2 nitrogen and oxygen atoms in total. The van der Waals surface area contributed by atoms with Gasteiger partial charge in [0.05, 0.1) is 0 Å². The lowest BCUT2D eigenvalue weighted by molar-refractivity contribution is 0.481. The van der Waals surface area contributed by atoms with Gasteiger partial charge < -0.3 is 0 Å². The first kappa shape index (κ1) is 9.06. The third-order valence-corrected chi connectivity index (χ3v) is 2.19. The largest absolute Gasteiger partial charge is 0.505 e. The first-order valence-corrected chi connectivity index (χ1v) is 4.70. The van der Waals surface area contributed by atoms with Crippen LogP contribution in [0, 0.1) is 5.92 Å². The quantitative estimate of drug-likeness (QED) is 0.622. The van der Waals surface area contributed by atoms with Gasteiger partial charge >= 0.3 is 8.03 Å². The Hall–Kier alpha value is 0.0600. The molecular weight excluding hydrogens is 135 g/mol. The van der Waals surface area contributed by atoms with Crippen LogP contribution in [-0.4, -0.2) is 11.1 Å². The van der Waals surface area contributed by atoms with E-state index in [1.807, 2.05) is 6.92 Å². The molecule has 0 aromatic heterocycles. The van der Waals surface area contributed by atoms with Gasteiger partial charge in [0.2, 0.25) is 0 Å². The lowest BCUT2D eigenvalue weighted by Gasteiger charge is -1.98. The molecule has 0 rings (SSSR count). The smallest absolute Gasteiger partial charge is 0.161 e. The summed E-state index contributed by atoms with van der Waals surface area (Å²) in [5.41, 5.74) is 0. The van der Waals surface area contributed by atoms with Crippen molar-refractivity contribution in [2.45, 2.75) is 26.7 Å². The van der Waals surface area contributed by atoms with Gasteiger partial charge in [0.25, 0.3) is 0 Å². The third kappa shape index (κ3) is 5.94. The van der Waals surface area contributed by atoms with Gasteiger partial charge in [0.15, 0.2) is 6.16 Å². The summed E-state index contributed by atoms with van der Waals surface area (Å²) in [5, 5.41) is 0. The van der Waals surface area contributed by atoms with Crippen molar-refractivity contribution < 1.29 is 9.46 Å². The van der Waals surface area contributed by atoms with Crippen LogP contribution < -0.4 is 0 Å². The van der Waals surface area contributed by atoms with E-state index in [1.54, 1.807) is 0 Å². The van der Waals surface area contributed by atoms with Gasteiger partial charge in [-0.15, -0.1) is 0 Å². The molecule has 0 amide bonds. The SMILES string of the molecule is CCCC(C)C[P+](=O)O. The fourth-order valence-corrected chi connectivity index (χ4v) is 1.57. The maximum Gasteiger partial charge on any atom is 0.505 e. The summed E-state index contributed by atoms with van der Waals surface area (Å²) in [6.07, 6.45) is 2.62. The van der Waals surface area contributed by atoms with Crippen molar-refractivity contribution in [2.75, 3.05) is 6.16 Å². The molecule has 0 bridgehead atoms. The van der Waals surface area contributed by atoms with Gasteiger partial charge in [-0.05, 0) is 11.0 Å². The highest BCUT2D eigenvalue weighted by molar-refractivity contribution is 7.37. The van der Waals surface area contributed by atoms with E-state index < -0.39 is 8.03 Å². The van der Waals surface area contributed by atoms with Crippen molar-refractivity contribution >= 4 is 8.03 Å². The maximum atomic E-state index is 10.2. The zero-order chi connectivity index (χ0) is 7.28. The van der Waals surface area contributed by atoms with Crippen LogP contribution >= 0.6 is 8.03 Å². The third-order valence-electron chi connectivity index (χ3n) is 1.25. The van der Waals surface area contributed by atoms with Crippen LogP contribution in [0.3, 0.4) is 0 Å². The first-order chi connectivity index (χ1) is 4.16. The minimum absolute atomic E-state index is 0.406. The number of hydrogen-bond acceptors (Lipinski definition) is 1. The standard InChI is InChI=1S/C6H13O2P/c1-3-4-6(2)5-9(7)8/h6H,3-5H2,1-2H3/p+1. The van der Waals surface area contributed by atoms with Crippen molar-refractivity contribution in [3.63, 3.8) is 0 Å². The molecule has 2 atom stereocenters. The second kappa shape index (κ2) is 4.89. The van der Waals surface area contributed by atoms with Gasteiger partial charge in [0, 0.05) is 5.92 Å².